The van der Waals surface area contributed by atoms with Crippen molar-refractivity contribution in [3.05, 3.63) is 65.7 Å². The standard InChI is InChI=1S/C16H14F2N2O2S/c17-14(18)16(22)20-19-15(21)12-8-4-5-9-13(12)23-10-11-6-2-1-3-7-11/h1-9,14H,10H2,(H,19,21)(H,20,22). The monoisotopic (exact) mass is 336 g/mol. The number of hydrogen-bond acceptors (Lipinski definition) is 3. The van der Waals surface area contributed by atoms with Crippen LogP contribution >= 0.6 is 11.8 Å². The average Bonchev–Trinajstić information content (AvgIpc) is 2.58. The van der Waals surface area contributed by atoms with Crippen molar-refractivity contribution in [3.63, 3.8) is 0 Å². The molecule has 0 fully saturated rings. The van der Waals surface area contributed by atoms with Crippen LogP contribution in [0.2, 0.25) is 0 Å². The zero-order valence-electron chi connectivity index (χ0n) is 12.0. The molecule has 0 atom stereocenters. The van der Waals surface area contributed by atoms with Crippen LogP contribution < -0.4 is 10.9 Å². The molecule has 0 aliphatic heterocycles. The Kier molecular flexibility index (Phi) is 6.10. The maximum atomic E-state index is 12.1. The lowest BCUT2D eigenvalue weighted by Crippen LogP contribution is -2.44. The molecule has 0 spiro atoms. The lowest BCUT2D eigenvalue weighted by atomic mass is 10.2. The molecular weight excluding hydrogens is 322 g/mol. The van der Waals surface area contributed by atoms with Gasteiger partial charge in [0.2, 0.25) is 0 Å². The molecule has 2 rings (SSSR count). The maximum Gasteiger partial charge on any atom is 0.317 e. The fourth-order valence-electron chi connectivity index (χ4n) is 1.76. The summed E-state index contributed by atoms with van der Waals surface area (Å²) in [6.45, 7) is 0. The van der Waals surface area contributed by atoms with E-state index in [4.69, 9.17) is 0 Å². The number of alkyl halides is 2. The van der Waals surface area contributed by atoms with Crippen LogP contribution in [0, 0.1) is 0 Å². The van der Waals surface area contributed by atoms with Gasteiger partial charge in [-0.25, -0.2) is 0 Å². The van der Waals surface area contributed by atoms with E-state index in [-0.39, 0.29) is 0 Å². The fourth-order valence-corrected chi connectivity index (χ4v) is 2.76. The van der Waals surface area contributed by atoms with Crippen LogP contribution in [-0.4, -0.2) is 18.2 Å². The summed E-state index contributed by atoms with van der Waals surface area (Å²) in [5.41, 5.74) is 5.07. The van der Waals surface area contributed by atoms with Crippen molar-refractivity contribution >= 4 is 23.6 Å². The molecule has 0 radical (unpaired) electrons. The van der Waals surface area contributed by atoms with Gasteiger partial charge in [0.15, 0.2) is 0 Å². The third-order valence-corrected chi connectivity index (χ3v) is 4.01. The summed E-state index contributed by atoms with van der Waals surface area (Å²) in [5, 5.41) is 0. The van der Waals surface area contributed by atoms with Crippen molar-refractivity contribution in [2.24, 2.45) is 0 Å². The maximum absolute atomic E-state index is 12.1. The zero-order chi connectivity index (χ0) is 16.7. The second kappa shape index (κ2) is 8.28. The van der Waals surface area contributed by atoms with Gasteiger partial charge in [-0.15, -0.1) is 11.8 Å². The summed E-state index contributed by atoms with van der Waals surface area (Å²) in [6, 6.07) is 16.5. The molecule has 0 bridgehead atoms. The van der Waals surface area contributed by atoms with Gasteiger partial charge in [0.05, 0.1) is 5.56 Å². The fraction of sp³-hybridized carbons (Fsp3) is 0.125. The van der Waals surface area contributed by atoms with Crippen molar-refractivity contribution in [1.29, 1.82) is 0 Å². The van der Waals surface area contributed by atoms with Crippen LogP contribution in [0.15, 0.2) is 59.5 Å². The number of carbonyl (C=O) groups excluding carboxylic acids is 2. The van der Waals surface area contributed by atoms with E-state index in [1.807, 2.05) is 35.8 Å². The number of thioether (sulfide) groups is 1. The minimum absolute atomic E-state index is 0.308. The first kappa shape index (κ1) is 17.0. The number of nitrogens with one attached hydrogen (secondary N) is 2. The van der Waals surface area contributed by atoms with Gasteiger partial charge in [0, 0.05) is 10.6 Å². The normalized spacial score (nSPS) is 10.4. The number of benzene rings is 2. The van der Waals surface area contributed by atoms with E-state index >= 15 is 0 Å². The van der Waals surface area contributed by atoms with Crippen molar-refractivity contribution in [3.8, 4) is 0 Å². The Balaban J connectivity index is 2.02. The van der Waals surface area contributed by atoms with Crippen LogP contribution in [-0.2, 0) is 10.5 Å². The third kappa shape index (κ3) is 5.07. The minimum atomic E-state index is -3.18. The Bertz CT molecular complexity index is 681. The predicted octanol–water partition coefficient (Wildman–Crippen LogP) is 3.01. The molecule has 23 heavy (non-hydrogen) atoms. The predicted molar refractivity (Wildman–Crippen MR) is 84.1 cm³/mol. The zero-order valence-corrected chi connectivity index (χ0v) is 12.8. The van der Waals surface area contributed by atoms with Crippen molar-refractivity contribution in [1.82, 2.24) is 10.9 Å². The van der Waals surface area contributed by atoms with Gasteiger partial charge in [0.25, 0.3) is 5.91 Å². The lowest BCUT2D eigenvalue weighted by molar-refractivity contribution is -0.132. The molecule has 2 amide bonds. The second-order valence-corrected chi connectivity index (χ2v) is 5.53. The largest absolute Gasteiger partial charge is 0.317 e. The van der Waals surface area contributed by atoms with Crippen LogP contribution in [0.1, 0.15) is 15.9 Å². The topological polar surface area (TPSA) is 58.2 Å². The first-order valence-corrected chi connectivity index (χ1v) is 7.70. The molecule has 120 valence electrons. The molecule has 0 aliphatic carbocycles. The van der Waals surface area contributed by atoms with E-state index in [1.54, 1.807) is 29.7 Å². The van der Waals surface area contributed by atoms with Crippen molar-refractivity contribution in [2.45, 2.75) is 17.1 Å². The van der Waals surface area contributed by atoms with Crippen LogP contribution in [0.4, 0.5) is 8.78 Å². The number of amides is 2. The molecule has 4 nitrogen and oxygen atoms in total. The van der Waals surface area contributed by atoms with Gasteiger partial charge in [-0.3, -0.25) is 20.4 Å². The Morgan fingerprint density at radius 3 is 2.30 bits per heavy atom. The first-order valence-electron chi connectivity index (χ1n) is 6.72. The van der Waals surface area contributed by atoms with E-state index in [0.29, 0.717) is 16.2 Å². The van der Waals surface area contributed by atoms with Gasteiger partial charge in [0.1, 0.15) is 0 Å². The van der Waals surface area contributed by atoms with Crippen LogP contribution in [0.5, 0.6) is 0 Å². The highest BCUT2D eigenvalue weighted by atomic mass is 32.2. The molecule has 0 saturated carbocycles. The third-order valence-electron chi connectivity index (χ3n) is 2.87. The summed E-state index contributed by atoms with van der Waals surface area (Å²) >= 11 is 1.45. The van der Waals surface area contributed by atoms with Gasteiger partial charge >= 0.3 is 12.3 Å². The number of carbonyl (C=O) groups is 2. The molecule has 2 N–H and O–H groups in total. The summed E-state index contributed by atoms with van der Waals surface area (Å²) < 4.78 is 24.2. The molecule has 0 heterocycles. The van der Waals surface area contributed by atoms with Crippen molar-refractivity contribution < 1.29 is 18.4 Å². The molecule has 2 aromatic rings. The Hall–Kier alpha value is -2.41. The average molecular weight is 336 g/mol. The summed E-state index contributed by atoms with van der Waals surface area (Å²) in [6.07, 6.45) is -3.18. The molecule has 0 saturated heterocycles. The summed E-state index contributed by atoms with van der Waals surface area (Å²) in [5.74, 6) is -1.53. The minimum Gasteiger partial charge on any atom is -0.267 e. The molecule has 0 unspecified atom stereocenters. The second-order valence-electron chi connectivity index (χ2n) is 4.51. The van der Waals surface area contributed by atoms with Crippen LogP contribution in [0.25, 0.3) is 0 Å². The van der Waals surface area contributed by atoms with E-state index in [2.05, 4.69) is 0 Å². The molecule has 0 aliphatic rings. The first-order chi connectivity index (χ1) is 11.1. The van der Waals surface area contributed by atoms with E-state index in [1.165, 1.54) is 11.8 Å². The van der Waals surface area contributed by atoms with Gasteiger partial charge in [-0.1, -0.05) is 42.5 Å². The van der Waals surface area contributed by atoms with Gasteiger partial charge < -0.3 is 0 Å². The van der Waals surface area contributed by atoms with Crippen molar-refractivity contribution in [2.75, 3.05) is 0 Å². The SMILES string of the molecule is O=C(NNC(=O)C(F)F)c1ccccc1SCc1ccccc1. The number of hydrogen-bond donors (Lipinski definition) is 2. The molecule has 2 aromatic carbocycles. The molecular formula is C16H14F2N2O2S. The highest BCUT2D eigenvalue weighted by Gasteiger charge is 2.17. The Morgan fingerprint density at radius 1 is 0.957 bits per heavy atom. The van der Waals surface area contributed by atoms with E-state index in [9.17, 15) is 18.4 Å². The number of hydrazine groups is 1. The van der Waals surface area contributed by atoms with E-state index < -0.39 is 18.2 Å². The summed E-state index contributed by atoms with van der Waals surface area (Å²) in [4.78, 5) is 23.5. The Labute approximate surface area is 136 Å². The molecule has 0 aromatic heterocycles. The number of rotatable bonds is 5. The highest BCUT2D eigenvalue weighted by Crippen LogP contribution is 2.26. The summed E-state index contributed by atoms with van der Waals surface area (Å²) in [7, 11) is 0. The Morgan fingerprint density at radius 2 is 1.61 bits per heavy atom. The highest BCUT2D eigenvalue weighted by molar-refractivity contribution is 7.98. The quantitative estimate of drug-likeness (QED) is 0.652. The lowest BCUT2D eigenvalue weighted by Gasteiger charge is -2.10. The van der Waals surface area contributed by atoms with Gasteiger partial charge in [-0.2, -0.15) is 8.78 Å². The van der Waals surface area contributed by atoms with Crippen LogP contribution in [0.3, 0.4) is 0 Å². The van der Waals surface area contributed by atoms with E-state index in [0.717, 1.165) is 5.56 Å². The number of halogens is 2. The smallest absolute Gasteiger partial charge is 0.267 e. The molecule has 7 heteroatoms. The van der Waals surface area contributed by atoms with Gasteiger partial charge in [-0.05, 0) is 17.7 Å².